The Kier molecular flexibility index (Phi) is 4.77. The zero-order valence-electron chi connectivity index (χ0n) is 14.1. The van der Waals surface area contributed by atoms with Crippen molar-refractivity contribution in [2.45, 2.75) is 13.5 Å². The van der Waals surface area contributed by atoms with Crippen molar-refractivity contribution in [3.8, 4) is 10.6 Å². The summed E-state index contributed by atoms with van der Waals surface area (Å²) >= 11 is 8.69. The van der Waals surface area contributed by atoms with E-state index in [1.165, 1.54) is 27.2 Å². The van der Waals surface area contributed by atoms with Crippen LogP contribution in [0, 0.1) is 6.92 Å². The molecule has 1 N–H and O–H groups in total. The Bertz CT molecular complexity index is 1210. The van der Waals surface area contributed by atoms with Gasteiger partial charge in [0.05, 0.1) is 25.8 Å². The fourth-order valence-corrected chi connectivity index (χ4v) is 4.47. The molecule has 0 aliphatic carbocycles. The van der Waals surface area contributed by atoms with Crippen molar-refractivity contribution in [3.05, 3.63) is 62.3 Å². The number of nitrogens with zero attached hydrogens (tertiary/aromatic N) is 3. The SMILES string of the molecule is Cc1nc2ccccc2c(=O)n1CC(=O)Nc1nc(-c2ccc(Cl)s2)cs1. The molecule has 136 valence electrons. The number of aryl methyl sites for hydroxylation is 1. The van der Waals surface area contributed by atoms with Crippen molar-refractivity contribution in [1.82, 2.24) is 14.5 Å². The van der Waals surface area contributed by atoms with Crippen molar-refractivity contribution in [1.29, 1.82) is 0 Å². The Labute approximate surface area is 167 Å². The molecule has 1 aromatic carbocycles. The lowest BCUT2D eigenvalue weighted by Crippen LogP contribution is -2.30. The molecule has 0 saturated carbocycles. The average Bonchev–Trinajstić information content (AvgIpc) is 3.27. The van der Waals surface area contributed by atoms with Crippen molar-refractivity contribution < 1.29 is 4.79 Å². The summed E-state index contributed by atoms with van der Waals surface area (Å²) in [5, 5.41) is 5.56. The molecule has 0 fully saturated rings. The first kappa shape index (κ1) is 17.8. The lowest BCUT2D eigenvalue weighted by atomic mass is 10.2. The standard InChI is InChI=1S/C18H13ClN4O2S2/c1-10-20-12-5-3-2-4-11(12)17(25)23(10)8-16(24)22-18-21-13(9-26-18)14-6-7-15(19)27-14/h2-7,9H,8H2,1H3,(H,21,22,24). The maximum absolute atomic E-state index is 12.6. The maximum atomic E-state index is 12.6. The Morgan fingerprint density at radius 1 is 1.22 bits per heavy atom. The molecule has 1 amide bonds. The van der Waals surface area contributed by atoms with Gasteiger partial charge in [-0.05, 0) is 31.2 Å². The molecule has 3 heterocycles. The molecular formula is C18H13ClN4O2S2. The fourth-order valence-electron chi connectivity index (χ4n) is 2.66. The van der Waals surface area contributed by atoms with Crippen LogP contribution in [0.1, 0.15) is 5.82 Å². The van der Waals surface area contributed by atoms with E-state index >= 15 is 0 Å². The number of hydrogen-bond acceptors (Lipinski definition) is 6. The summed E-state index contributed by atoms with van der Waals surface area (Å²) in [6.07, 6.45) is 0. The minimum atomic E-state index is -0.331. The minimum absolute atomic E-state index is 0.123. The van der Waals surface area contributed by atoms with Crippen LogP contribution in [0.4, 0.5) is 5.13 Å². The number of nitrogens with one attached hydrogen (secondary N) is 1. The second-order valence-corrected chi connectivity index (χ2v) is 8.33. The first-order chi connectivity index (χ1) is 13.0. The van der Waals surface area contributed by atoms with E-state index in [0.717, 1.165) is 10.6 Å². The molecule has 0 radical (unpaired) electrons. The number of carbonyl (C=O) groups is 1. The quantitative estimate of drug-likeness (QED) is 0.541. The van der Waals surface area contributed by atoms with Gasteiger partial charge in [0.1, 0.15) is 12.4 Å². The first-order valence-electron chi connectivity index (χ1n) is 7.98. The van der Waals surface area contributed by atoms with Crippen LogP contribution in [-0.4, -0.2) is 20.4 Å². The van der Waals surface area contributed by atoms with Crippen molar-refractivity contribution in [2.75, 3.05) is 5.32 Å². The van der Waals surface area contributed by atoms with Gasteiger partial charge >= 0.3 is 0 Å². The summed E-state index contributed by atoms with van der Waals surface area (Å²) in [4.78, 5) is 34.8. The highest BCUT2D eigenvalue weighted by Crippen LogP contribution is 2.32. The van der Waals surface area contributed by atoms with Gasteiger partial charge < -0.3 is 5.32 Å². The number of anilines is 1. The summed E-state index contributed by atoms with van der Waals surface area (Å²) in [6, 6.07) is 10.8. The molecule has 4 rings (SSSR count). The van der Waals surface area contributed by atoms with Crippen molar-refractivity contribution >= 4 is 56.2 Å². The second-order valence-electron chi connectivity index (χ2n) is 5.76. The number of aromatic nitrogens is 3. The molecule has 0 bridgehead atoms. The Balaban J connectivity index is 1.54. The highest BCUT2D eigenvalue weighted by atomic mass is 35.5. The van der Waals surface area contributed by atoms with Crippen molar-refractivity contribution in [2.24, 2.45) is 0 Å². The topological polar surface area (TPSA) is 76.9 Å². The van der Waals surface area contributed by atoms with Crippen LogP contribution in [0.25, 0.3) is 21.5 Å². The number of rotatable bonds is 4. The lowest BCUT2D eigenvalue weighted by molar-refractivity contribution is -0.116. The van der Waals surface area contributed by atoms with Gasteiger partial charge in [0.2, 0.25) is 5.91 Å². The van der Waals surface area contributed by atoms with Gasteiger partial charge in [-0.15, -0.1) is 22.7 Å². The summed E-state index contributed by atoms with van der Waals surface area (Å²) in [5.74, 6) is 0.157. The monoisotopic (exact) mass is 416 g/mol. The smallest absolute Gasteiger partial charge is 0.261 e. The van der Waals surface area contributed by atoms with Gasteiger partial charge in [-0.2, -0.15) is 0 Å². The highest BCUT2D eigenvalue weighted by Gasteiger charge is 2.13. The number of benzene rings is 1. The third kappa shape index (κ3) is 3.64. The largest absolute Gasteiger partial charge is 0.300 e. The summed E-state index contributed by atoms with van der Waals surface area (Å²) in [6.45, 7) is 1.59. The van der Waals surface area contributed by atoms with E-state index < -0.39 is 0 Å². The number of fused-ring (bicyclic) bond motifs is 1. The maximum Gasteiger partial charge on any atom is 0.261 e. The normalized spacial score (nSPS) is 11.0. The van der Waals surface area contributed by atoms with Crippen LogP contribution < -0.4 is 10.9 Å². The van der Waals surface area contributed by atoms with E-state index in [-0.39, 0.29) is 18.0 Å². The molecule has 0 unspecified atom stereocenters. The van der Waals surface area contributed by atoms with Gasteiger partial charge in [-0.1, -0.05) is 23.7 Å². The molecule has 0 saturated heterocycles. The van der Waals surface area contributed by atoms with Crippen molar-refractivity contribution in [3.63, 3.8) is 0 Å². The highest BCUT2D eigenvalue weighted by molar-refractivity contribution is 7.20. The fraction of sp³-hybridized carbons (Fsp3) is 0.111. The second kappa shape index (κ2) is 7.22. The zero-order chi connectivity index (χ0) is 19.0. The van der Waals surface area contributed by atoms with E-state index in [4.69, 9.17) is 11.6 Å². The van der Waals surface area contributed by atoms with Crippen LogP contribution in [0.5, 0.6) is 0 Å². The molecule has 6 nitrogen and oxygen atoms in total. The van der Waals surface area contributed by atoms with E-state index in [2.05, 4.69) is 15.3 Å². The van der Waals surface area contributed by atoms with E-state index in [1.54, 1.807) is 31.2 Å². The Morgan fingerprint density at radius 3 is 2.81 bits per heavy atom. The number of halogens is 1. The molecule has 3 aromatic heterocycles. The number of carbonyl (C=O) groups excluding carboxylic acids is 1. The molecule has 9 heteroatoms. The third-order valence-electron chi connectivity index (χ3n) is 3.93. The molecule has 27 heavy (non-hydrogen) atoms. The minimum Gasteiger partial charge on any atom is -0.300 e. The van der Waals surface area contributed by atoms with E-state index in [1.807, 2.05) is 17.5 Å². The van der Waals surface area contributed by atoms with Crippen LogP contribution in [-0.2, 0) is 11.3 Å². The molecular weight excluding hydrogens is 404 g/mol. The molecule has 0 atom stereocenters. The molecule has 0 aliphatic rings. The predicted octanol–water partition coefficient (Wildman–Crippen LogP) is 4.18. The van der Waals surface area contributed by atoms with Crippen LogP contribution in [0.3, 0.4) is 0 Å². The van der Waals surface area contributed by atoms with Gasteiger partial charge in [-0.3, -0.25) is 14.2 Å². The molecule has 4 aromatic rings. The average molecular weight is 417 g/mol. The summed E-state index contributed by atoms with van der Waals surface area (Å²) in [5.41, 5.74) is 1.14. The predicted molar refractivity (Wildman–Crippen MR) is 110 cm³/mol. The molecule has 0 aliphatic heterocycles. The van der Waals surface area contributed by atoms with E-state index in [0.29, 0.717) is 26.2 Å². The number of amides is 1. The third-order valence-corrected chi connectivity index (χ3v) is 5.94. The number of thiophene rings is 1. The molecule has 0 spiro atoms. The number of hydrogen-bond donors (Lipinski definition) is 1. The summed E-state index contributed by atoms with van der Waals surface area (Å²) < 4.78 is 2.05. The number of para-hydroxylation sites is 1. The van der Waals surface area contributed by atoms with E-state index in [9.17, 15) is 9.59 Å². The zero-order valence-corrected chi connectivity index (χ0v) is 16.5. The first-order valence-corrected chi connectivity index (χ1v) is 10.1. The van der Waals surface area contributed by atoms with Crippen LogP contribution in [0.15, 0.2) is 46.6 Å². The van der Waals surface area contributed by atoms with Gasteiger partial charge in [0.15, 0.2) is 5.13 Å². The van der Waals surface area contributed by atoms with Gasteiger partial charge in [0.25, 0.3) is 5.56 Å². The Hall–Kier alpha value is -2.55. The van der Waals surface area contributed by atoms with Crippen LogP contribution >= 0.6 is 34.3 Å². The van der Waals surface area contributed by atoms with Gasteiger partial charge in [-0.25, -0.2) is 9.97 Å². The van der Waals surface area contributed by atoms with Gasteiger partial charge in [0, 0.05) is 5.38 Å². The number of thiazole rings is 1. The summed E-state index contributed by atoms with van der Waals surface area (Å²) in [7, 11) is 0. The Morgan fingerprint density at radius 2 is 2.04 bits per heavy atom. The van der Waals surface area contributed by atoms with Crippen LogP contribution in [0.2, 0.25) is 4.34 Å². The lowest BCUT2D eigenvalue weighted by Gasteiger charge is -2.10.